The van der Waals surface area contributed by atoms with Crippen LogP contribution < -0.4 is 5.32 Å². The summed E-state index contributed by atoms with van der Waals surface area (Å²) < 4.78 is 19.4. The Morgan fingerprint density at radius 2 is 2.33 bits per heavy atom. The quantitative estimate of drug-likeness (QED) is 0.705. The molecule has 0 saturated heterocycles. The van der Waals surface area contributed by atoms with Crippen molar-refractivity contribution < 1.29 is 8.76 Å². The summed E-state index contributed by atoms with van der Waals surface area (Å²) in [5, 5.41) is 3.06. The van der Waals surface area contributed by atoms with Crippen LogP contribution in [0.25, 0.3) is 0 Å². The van der Waals surface area contributed by atoms with Gasteiger partial charge in [0.25, 0.3) is 0 Å². The lowest BCUT2D eigenvalue weighted by molar-refractivity contribution is 0.564. The minimum atomic E-state index is -1.88. The van der Waals surface area contributed by atoms with E-state index in [0.29, 0.717) is 4.90 Å². The summed E-state index contributed by atoms with van der Waals surface area (Å²) in [6.07, 6.45) is 0. The van der Waals surface area contributed by atoms with Gasteiger partial charge in [-0.3, -0.25) is 0 Å². The number of rotatable bonds is 3. The monoisotopic (exact) mass is 185 g/mol. The summed E-state index contributed by atoms with van der Waals surface area (Å²) >= 11 is -1.88. The average molecular weight is 185 g/mol. The molecule has 1 atom stereocenters. The molecule has 0 aliphatic heterocycles. The van der Waals surface area contributed by atoms with Crippen LogP contribution >= 0.6 is 0 Å². The Hall–Kier alpha value is -0.870. The molecule has 0 radical (unpaired) electrons. The lowest BCUT2D eigenvalue weighted by Gasteiger charge is -2.02. The van der Waals surface area contributed by atoms with Crippen molar-refractivity contribution in [2.45, 2.75) is 11.8 Å². The molecule has 0 aliphatic carbocycles. The highest BCUT2D eigenvalue weighted by Gasteiger charge is 1.99. The van der Waals surface area contributed by atoms with E-state index in [2.05, 4.69) is 5.32 Å². The van der Waals surface area contributed by atoms with Gasteiger partial charge in [-0.2, -0.15) is 0 Å². The smallest absolute Gasteiger partial charge is 0.186 e. The molecule has 4 heteroatoms. The first-order valence-electron chi connectivity index (χ1n) is 3.69. The van der Waals surface area contributed by atoms with Gasteiger partial charge in [0.15, 0.2) is 11.1 Å². The molecule has 0 fully saturated rings. The van der Waals surface area contributed by atoms with Crippen molar-refractivity contribution in [3.05, 3.63) is 24.3 Å². The van der Waals surface area contributed by atoms with Gasteiger partial charge in [-0.1, -0.05) is 6.07 Å². The number of nitrogens with one attached hydrogen (secondary N) is 1. The summed E-state index contributed by atoms with van der Waals surface area (Å²) in [5.74, 6) is 0. The highest BCUT2D eigenvalue weighted by atomic mass is 32.2. The predicted molar refractivity (Wildman–Crippen MR) is 49.6 cm³/mol. The van der Waals surface area contributed by atoms with E-state index in [1.54, 1.807) is 18.2 Å². The Bertz CT molecular complexity index is 288. The maximum absolute atomic E-state index is 10.6. The van der Waals surface area contributed by atoms with Crippen LogP contribution in [-0.2, 0) is 11.1 Å². The highest BCUT2D eigenvalue weighted by Crippen LogP contribution is 2.12. The Balaban J connectivity index is 2.88. The van der Waals surface area contributed by atoms with E-state index in [9.17, 15) is 4.21 Å². The first-order chi connectivity index (χ1) is 5.74. The van der Waals surface area contributed by atoms with Gasteiger partial charge in [-0.15, -0.1) is 0 Å². The van der Waals surface area contributed by atoms with E-state index in [4.69, 9.17) is 4.55 Å². The molecule has 0 aliphatic rings. The molecule has 2 N–H and O–H groups in total. The van der Waals surface area contributed by atoms with Crippen molar-refractivity contribution in [3.63, 3.8) is 0 Å². The van der Waals surface area contributed by atoms with Crippen molar-refractivity contribution in [2.24, 2.45) is 0 Å². The van der Waals surface area contributed by atoms with E-state index in [-0.39, 0.29) is 0 Å². The van der Waals surface area contributed by atoms with E-state index in [1.807, 2.05) is 13.0 Å². The van der Waals surface area contributed by atoms with Gasteiger partial charge < -0.3 is 9.87 Å². The Morgan fingerprint density at radius 3 is 2.92 bits per heavy atom. The summed E-state index contributed by atoms with van der Waals surface area (Å²) in [7, 11) is 0. The lowest BCUT2D eigenvalue weighted by atomic mass is 10.3. The van der Waals surface area contributed by atoms with Gasteiger partial charge in [-0.25, -0.2) is 4.21 Å². The fourth-order valence-electron chi connectivity index (χ4n) is 0.919. The minimum Gasteiger partial charge on any atom is -0.385 e. The van der Waals surface area contributed by atoms with Crippen LogP contribution in [0, 0.1) is 0 Å². The third kappa shape index (κ3) is 2.32. The Kier molecular flexibility index (Phi) is 3.25. The van der Waals surface area contributed by atoms with Crippen LogP contribution in [-0.4, -0.2) is 15.3 Å². The number of hydrogen-bond acceptors (Lipinski definition) is 2. The standard InChI is InChI=1S/C8H11NO2S/c1-2-9-7-4-3-5-8(6-7)12(10)11/h3-6,9H,2H2,1H3,(H,10,11). The van der Waals surface area contributed by atoms with Crippen molar-refractivity contribution >= 4 is 16.8 Å². The second-order valence-electron chi connectivity index (χ2n) is 2.31. The first-order valence-corrected chi connectivity index (χ1v) is 4.79. The summed E-state index contributed by atoms with van der Waals surface area (Å²) in [5.41, 5.74) is 0.873. The van der Waals surface area contributed by atoms with E-state index in [1.165, 1.54) is 0 Å². The fraction of sp³-hybridized carbons (Fsp3) is 0.250. The first kappa shape index (κ1) is 9.22. The van der Waals surface area contributed by atoms with E-state index >= 15 is 0 Å². The van der Waals surface area contributed by atoms with Crippen molar-refractivity contribution in [3.8, 4) is 0 Å². The van der Waals surface area contributed by atoms with Crippen LogP contribution in [0.4, 0.5) is 5.69 Å². The molecule has 0 bridgehead atoms. The van der Waals surface area contributed by atoms with E-state index < -0.39 is 11.1 Å². The maximum atomic E-state index is 10.6. The average Bonchev–Trinajstić information content (AvgIpc) is 2.05. The normalized spacial score (nSPS) is 12.5. The molecule has 0 amide bonds. The number of hydrogen-bond donors (Lipinski definition) is 2. The molecule has 1 unspecified atom stereocenters. The van der Waals surface area contributed by atoms with Gasteiger partial charge >= 0.3 is 0 Å². The van der Waals surface area contributed by atoms with Gasteiger partial charge in [0.2, 0.25) is 0 Å². The third-order valence-electron chi connectivity index (χ3n) is 1.42. The van der Waals surface area contributed by atoms with Gasteiger partial charge in [-0.05, 0) is 25.1 Å². The second kappa shape index (κ2) is 4.23. The zero-order valence-electron chi connectivity index (χ0n) is 6.78. The largest absolute Gasteiger partial charge is 0.385 e. The molecule has 0 saturated carbocycles. The molecule has 0 aromatic heterocycles. The Labute approximate surface area is 74.1 Å². The highest BCUT2D eigenvalue weighted by molar-refractivity contribution is 7.79. The molecule has 0 heterocycles. The predicted octanol–water partition coefficient (Wildman–Crippen LogP) is 1.70. The molecule has 0 spiro atoms. The van der Waals surface area contributed by atoms with Gasteiger partial charge in [0.1, 0.15) is 0 Å². The topological polar surface area (TPSA) is 49.3 Å². The molecule has 1 rings (SSSR count). The minimum absolute atomic E-state index is 0.424. The zero-order chi connectivity index (χ0) is 8.97. The molecular weight excluding hydrogens is 174 g/mol. The van der Waals surface area contributed by atoms with Crippen LogP contribution in [0.15, 0.2) is 29.2 Å². The van der Waals surface area contributed by atoms with Crippen molar-refractivity contribution in [1.29, 1.82) is 0 Å². The molecule has 66 valence electrons. The van der Waals surface area contributed by atoms with Crippen molar-refractivity contribution in [2.75, 3.05) is 11.9 Å². The molecule has 3 nitrogen and oxygen atoms in total. The lowest BCUT2D eigenvalue weighted by Crippen LogP contribution is -1.97. The van der Waals surface area contributed by atoms with E-state index in [0.717, 1.165) is 12.2 Å². The van der Waals surface area contributed by atoms with Gasteiger partial charge in [0.05, 0.1) is 4.90 Å². The number of anilines is 1. The number of benzene rings is 1. The van der Waals surface area contributed by atoms with Crippen LogP contribution in [0.1, 0.15) is 6.92 Å². The SMILES string of the molecule is CCNc1cccc(S(=O)O)c1. The van der Waals surface area contributed by atoms with Gasteiger partial charge in [0, 0.05) is 12.2 Å². The molecule has 12 heavy (non-hydrogen) atoms. The summed E-state index contributed by atoms with van der Waals surface area (Å²) in [6.45, 7) is 2.78. The molecule has 1 aromatic rings. The van der Waals surface area contributed by atoms with Crippen LogP contribution in [0.3, 0.4) is 0 Å². The van der Waals surface area contributed by atoms with Crippen LogP contribution in [0.2, 0.25) is 0 Å². The summed E-state index contributed by atoms with van der Waals surface area (Å²) in [6, 6.07) is 6.90. The maximum Gasteiger partial charge on any atom is 0.186 e. The third-order valence-corrected chi connectivity index (χ3v) is 2.07. The second-order valence-corrected chi connectivity index (χ2v) is 3.28. The Morgan fingerprint density at radius 1 is 1.58 bits per heavy atom. The van der Waals surface area contributed by atoms with Crippen molar-refractivity contribution in [1.82, 2.24) is 0 Å². The summed E-state index contributed by atoms with van der Waals surface area (Å²) in [4.78, 5) is 0.424. The van der Waals surface area contributed by atoms with Crippen LogP contribution in [0.5, 0.6) is 0 Å². The zero-order valence-corrected chi connectivity index (χ0v) is 7.60. The molecular formula is C8H11NO2S. The fourth-order valence-corrected chi connectivity index (χ4v) is 1.34. The molecule has 1 aromatic carbocycles.